The Morgan fingerprint density at radius 1 is 1.17 bits per heavy atom. The predicted octanol–water partition coefficient (Wildman–Crippen LogP) is 4.12. The number of rotatable bonds is 4. The summed E-state index contributed by atoms with van der Waals surface area (Å²) in [4.78, 5) is 32.0. The van der Waals surface area contributed by atoms with Gasteiger partial charge in [0.2, 0.25) is 5.91 Å². The van der Waals surface area contributed by atoms with Crippen molar-refractivity contribution in [2.75, 3.05) is 5.32 Å². The van der Waals surface area contributed by atoms with Crippen LogP contribution in [-0.4, -0.2) is 15.9 Å². The number of aromatic nitrogens is 2. The van der Waals surface area contributed by atoms with Crippen LogP contribution in [0.5, 0.6) is 0 Å². The van der Waals surface area contributed by atoms with Crippen molar-refractivity contribution in [3.05, 3.63) is 86.7 Å². The molecule has 29 heavy (non-hydrogen) atoms. The molecule has 0 bridgehead atoms. The molecule has 0 saturated carbocycles. The highest BCUT2D eigenvalue weighted by molar-refractivity contribution is 7.98. The van der Waals surface area contributed by atoms with Crippen molar-refractivity contribution in [2.45, 2.75) is 30.2 Å². The molecule has 148 valence electrons. The predicted molar refractivity (Wildman–Crippen MR) is 107 cm³/mol. The molecule has 0 aliphatic carbocycles. The molecule has 0 spiro atoms. The van der Waals surface area contributed by atoms with Crippen molar-refractivity contribution in [2.24, 2.45) is 0 Å². The van der Waals surface area contributed by atoms with E-state index in [1.165, 1.54) is 11.8 Å². The molecule has 4 rings (SSSR count). The third-order valence-corrected chi connectivity index (χ3v) is 5.67. The lowest BCUT2D eigenvalue weighted by molar-refractivity contribution is -0.116. The number of hydrogen-bond acceptors (Lipinski definition) is 4. The van der Waals surface area contributed by atoms with Crippen LogP contribution in [0.4, 0.5) is 14.6 Å². The van der Waals surface area contributed by atoms with E-state index in [9.17, 15) is 18.4 Å². The van der Waals surface area contributed by atoms with E-state index in [0.29, 0.717) is 10.9 Å². The minimum absolute atomic E-state index is 0.0337. The number of carbonyl (C=O) groups is 1. The van der Waals surface area contributed by atoms with Crippen LogP contribution < -0.4 is 10.9 Å². The summed E-state index contributed by atoms with van der Waals surface area (Å²) in [6.07, 6.45) is -0.159. The number of benzene rings is 2. The second kappa shape index (κ2) is 7.79. The van der Waals surface area contributed by atoms with Crippen molar-refractivity contribution in [3.63, 3.8) is 0 Å². The smallest absolute Gasteiger partial charge is 0.257 e. The van der Waals surface area contributed by atoms with Crippen LogP contribution in [0.1, 0.15) is 34.6 Å². The first-order chi connectivity index (χ1) is 13.9. The fourth-order valence-corrected chi connectivity index (χ4v) is 4.22. The van der Waals surface area contributed by atoms with Crippen LogP contribution in [0.2, 0.25) is 0 Å². The Balaban J connectivity index is 1.69. The van der Waals surface area contributed by atoms with Gasteiger partial charge in [-0.15, -0.1) is 0 Å². The van der Waals surface area contributed by atoms with Crippen molar-refractivity contribution in [1.29, 1.82) is 0 Å². The largest absolute Gasteiger partial charge is 0.310 e. The van der Waals surface area contributed by atoms with E-state index in [1.807, 2.05) is 31.2 Å². The van der Waals surface area contributed by atoms with Crippen LogP contribution in [0, 0.1) is 18.6 Å². The van der Waals surface area contributed by atoms with Gasteiger partial charge in [-0.3, -0.25) is 9.59 Å². The van der Waals surface area contributed by atoms with E-state index in [4.69, 9.17) is 0 Å². The zero-order valence-corrected chi connectivity index (χ0v) is 16.3. The van der Waals surface area contributed by atoms with Gasteiger partial charge >= 0.3 is 0 Å². The van der Waals surface area contributed by atoms with Gasteiger partial charge in [-0.25, -0.2) is 13.8 Å². The van der Waals surface area contributed by atoms with Crippen molar-refractivity contribution in [3.8, 4) is 0 Å². The molecule has 1 aliphatic rings. The van der Waals surface area contributed by atoms with Crippen molar-refractivity contribution < 1.29 is 13.6 Å². The summed E-state index contributed by atoms with van der Waals surface area (Å²) in [5.41, 5.74) is 1.82. The number of H-pyrrole nitrogens is 1. The maximum absolute atomic E-state index is 14.3. The molecule has 1 aliphatic heterocycles. The summed E-state index contributed by atoms with van der Waals surface area (Å²) in [5.74, 6) is -1.94. The Kier molecular flexibility index (Phi) is 5.19. The zero-order chi connectivity index (χ0) is 20.5. The van der Waals surface area contributed by atoms with Crippen LogP contribution in [0.25, 0.3) is 0 Å². The Bertz CT molecular complexity index is 1160. The quantitative estimate of drug-likeness (QED) is 0.498. The maximum Gasteiger partial charge on any atom is 0.257 e. The standard InChI is InChI=1S/C21H17F2N3O2S/c1-11-3-2-4-12(7-11)10-29-21-25-19-18(20(28)26-21)15(9-17(27)24-19)14-8-13(22)5-6-16(14)23/h2-8,15H,9-10H2,1H3,(H2,24,25,26,27,28)/t15-/m0/s1. The van der Waals surface area contributed by atoms with Crippen LogP contribution >= 0.6 is 11.8 Å². The highest BCUT2D eigenvalue weighted by Gasteiger charge is 2.32. The van der Waals surface area contributed by atoms with Gasteiger partial charge in [0, 0.05) is 18.1 Å². The fourth-order valence-electron chi connectivity index (χ4n) is 3.42. The van der Waals surface area contributed by atoms with E-state index in [-0.39, 0.29) is 23.4 Å². The number of aromatic amines is 1. The van der Waals surface area contributed by atoms with Gasteiger partial charge in [-0.2, -0.15) is 0 Å². The van der Waals surface area contributed by atoms with E-state index in [0.717, 1.165) is 29.3 Å². The molecule has 2 N–H and O–H groups in total. The monoisotopic (exact) mass is 413 g/mol. The first kappa shape index (κ1) is 19.3. The molecule has 0 radical (unpaired) electrons. The topological polar surface area (TPSA) is 74.8 Å². The lowest BCUT2D eigenvalue weighted by Gasteiger charge is -2.24. The number of nitrogens with one attached hydrogen (secondary N) is 2. The lowest BCUT2D eigenvalue weighted by Crippen LogP contribution is -2.31. The number of halogens is 2. The third kappa shape index (κ3) is 4.07. The van der Waals surface area contributed by atoms with E-state index in [2.05, 4.69) is 15.3 Å². The molecule has 1 amide bonds. The van der Waals surface area contributed by atoms with Gasteiger partial charge in [0.15, 0.2) is 5.16 Å². The highest BCUT2D eigenvalue weighted by Crippen LogP contribution is 2.36. The maximum atomic E-state index is 14.3. The normalized spacial score (nSPS) is 15.7. The first-order valence-electron chi connectivity index (χ1n) is 8.98. The lowest BCUT2D eigenvalue weighted by atomic mass is 9.86. The number of fused-ring (bicyclic) bond motifs is 1. The molecule has 1 atom stereocenters. The van der Waals surface area contributed by atoms with E-state index in [1.54, 1.807) is 0 Å². The van der Waals surface area contributed by atoms with Crippen LogP contribution in [0.3, 0.4) is 0 Å². The van der Waals surface area contributed by atoms with Crippen molar-refractivity contribution >= 4 is 23.5 Å². The minimum atomic E-state index is -0.901. The third-order valence-electron chi connectivity index (χ3n) is 4.72. The second-order valence-electron chi connectivity index (χ2n) is 6.88. The fraction of sp³-hybridized carbons (Fsp3) is 0.190. The highest BCUT2D eigenvalue weighted by atomic mass is 32.2. The number of hydrogen-bond donors (Lipinski definition) is 2. The van der Waals surface area contributed by atoms with Gasteiger partial charge in [0.05, 0.1) is 5.56 Å². The number of nitrogens with zero attached hydrogens (tertiary/aromatic N) is 1. The molecule has 5 nitrogen and oxygen atoms in total. The molecule has 0 fully saturated rings. The molecule has 2 heterocycles. The average molecular weight is 413 g/mol. The molecule has 8 heteroatoms. The molecular weight excluding hydrogens is 396 g/mol. The SMILES string of the molecule is Cc1cccc(CSc2nc3c(c(=O)[nH]2)[C@H](c2cc(F)ccc2F)CC(=O)N3)c1. The Morgan fingerprint density at radius 3 is 2.79 bits per heavy atom. The summed E-state index contributed by atoms with van der Waals surface area (Å²) < 4.78 is 27.9. The van der Waals surface area contributed by atoms with Crippen LogP contribution in [0.15, 0.2) is 52.4 Å². The summed E-state index contributed by atoms with van der Waals surface area (Å²) >= 11 is 1.32. The molecule has 2 aromatic carbocycles. The Morgan fingerprint density at radius 2 is 2.00 bits per heavy atom. The second-order valence-corrected chi connectivity index (χ2v) is 7.85. The average Bonchev–Trinajstić information content (AvgIpc) is 2.67. The molecular formula is C21H17F2N3O2S. The summed E-state index contributed by atoms with van der Waals surface area (Å²) in [5, 5.41) is 2.93. The van der Waals surface area contributed by atoms with Gasteiger partial charge in [-0.05, 0) is 36.2 Å². The number of amides is 1. The van der Waals surface area contributed by atoms with E-state index < -0.39 is 29.0 Å². The summed E-state index contributed by atoms with van der Waals surface area (Å²) in [6.45, 7) is 1.99. The number of thioether (sulfide) groups is 1. The van der Waals surface area contributed by atoms with E-state index >= 15 is 0 Å². The first-order valence-corrected chi connectivity index (χ1v) is 9.96. The molecule has 1 aromatic heterocycles. The molecule has 0 unspecified atom stereocenters. The van der Waals surface area contributed by atoms with Gasteiger partial charge in [0.25, 0.3) is 5.56 Å². The molecule has 0 saturated heterocycles. The number of anilines is 1. The van der Waals surface area contributed by atoms with Gasteiger partial charge in [0.1, 0.15) is 17.5 Å². The Hall–Kier alpha value is -3.00. The van der Waals surface area contributed by atoms with Crippen molar-refractivity contribution in [1.82, 2.24) is 9.97 Å². The summed E-state index contributed by atoms with van der Waals surface area (Å²) in [7, 11) is 0. The summed E-state index contributed by atoms with van der Waals surface area (Å²) in [6, 6.07) is 11.0. The Labute approximate surface area is 169 Å². The van der Waals surface area contributed by atoms with Crippen LogP contribution in [-0.2, 0) is 10.5 Å². The van der Waals surface area contributed by atoms with Gasteiger partial charge in [-0.1, -0.05) is 41.6 Å². The number of aryl methyl sites for hydroxylation is 1. The number of carbonyl (C=O) groups excluding carboxylic acids is 1. The molecule has 3 aromatic rings. The minimum Gasteiger partial charge on any atom is -0.310 e. The zero-order valence-electron chi connectivity index (χ0n) is 15.5. The van der Waals surface area contributed by atoms with Gasteiger partial charge < -0.3 is 10.3 Å².